The van der Waals surface area contributed by atoms with E-state index in [1.807, 2.05) is 31.1 Å². The first-order valence-corrected chi connectivity index (χ1v) is 11.2. The Morgan fingerprint density at radius 1 is 1.22 bits per heavy atom. The van der Waals surface area contributed by atoms with Crippen molar-refractivity contribution in [2.75, 3.05) is 33.8 Å². The predicted octanol–water partition coefficient (Wildman–Crippen LogP) is 4.39. The molecule has 1 saturated heterocycles. The summed E-state index contributed by atoms with van der Waals surface area (Å²) in [6.07, 6.45) is 2.34. The second-order valence-electron chi connectivity index (χ2n) is 7.83. The van der Waals surface area contributed by atoms with Crippen molar-refractivity contribution in [3.63, 3.8) is 0 Å². The quantitative estimate of drug-likeness (QED) is 0.240. The number of carbonyl (C=O) groups excluding carboxylic acids is 2. The van der Waals surface area contributed by atoms with Gasteiger partial charge in [0.05, 0.1) is 11.6 Å². The summed E-state index contributed by atoms with van der Waals surface area (Å²) in [5, 5.41) is 11.1. The summed E-state index contributed by atoms with van der Waals surface area (Å²) in [7, 11) is 3.92. The normalized spacial score (nSPS) is 17.8. The van der Waals surface area contributed by atoms with Crippen LogP contribution in [-0.2, 0) is 9.59 Å². The van der Waals surface area contributed by atoms with E-state index < -0.39 is 17.7 Å². The number of ketones is 1. The topological polar surface area (TPSA) is 70.1 Å². The van der Waals surface area contributed by atoms with Crippen LogP contribution in [0.2, 0.25) is 0 Å². The molecule has 1 amide bonds. The lowest BCUT2D eigenvalue weighted by molar-refractivity contribution is -0.139. The van der Waals surface area contributed by atoms with Gasteiger partial charge in [-0.25, -0.2) is 0 Å². The molecule has 0 saturated carbocycles. The second-order valence-corrected chi connectivity index (χ2v) is 8.74. The van der Waals surface area contributed by atoms with Gasteiger partial charge in [-0.2, -0.15) is 0 Å². The summed E-state index contributed by atoms with van der Waals surface area (Å²) < 4.78 is 6.50. The third kappa shape index (κ3) is 5.29. The summed E-state index contributed by atoms with van der Waals surface area (Å²) in [5.74, 6) is -0.874. The van der Waals surface area contributed by atoms with E-state index in [1.54, 1.807) is 47.4 Å². The van der Waals surface area contributed by atoms with Crippen molar-refractivity contribution in [3.8, 4) is 5.75 Å². The molecule has 1 unspecified atom stereocenters. The SMILES string of the molecule is C=CCOc1cccc(C2C(=C(O)c3ccc(Br)cc3)C(=O)C(=O)N2CCCN(C)C)c1. The number of halogens is 1. The van der Waals surface area contributed by atoms with Gasteiger partial charge in [0.15, 0.2) is 0 Å². The summed E-state index contributed by atoms with van der Waals surface area (Å²) in [5.41, 5.74) is 1.26. The fourth-order valence-electron chi connectivity index (χ4n) is 3.71. The third-order valence-corrected chi connectivity index (χ3v) is 5.73. The van der Waals surface area contributed by atoms with Crippen LogP contribution in [0.1, 0.15) is 23.6 Å². The maximum atomic E-state index is 13.1. The fraction of sp³-hybridized carbons (Fsp3) is 0.280. The molecule has 0 spiro atoms. The van der Waals surface area contributed by atoms with Crippen molar-refractivity contribution in [1.29, 1.82) is 0 Å². The van der Waals surface area contributed by atoms with Gasteiger partial charge < -0.3 is 19.6 Å². The second kappa shape index (κ2) is 10.6. The van der Waals surface area contributed by atoms with Crippen LogP contribution in [0.15, 0.2) is 71.2 Å². The van der Waals surface area contributed by atoms with E-state index in [2.05, 4.69) is 22.5 Å². The summed E-state index contributed by atoms with van der Waals surface area (Å²) in [4.78, 5) is 29.6. The summed E-state index contributed by atoms with van der Waals surface area (Å²) in [6, 6.07) is 13.5. The number of Topliss-reactive ketones (excluding diaryl/α,β-unsaturated/α-hetero) is 1. The maximum Gasteiger partial charge on any atom is 0.295 e. The van der Waals surface area contributed by atoms with E-state index in [0.29, 0.717) is 36.4 Å². The molecule has 1 aliphatic heterocycles. The number of benzene rings is 2. The van der Waals surface area contributed by atoms with E-state index in [-0.39, 0.29) is 11.3 Å². The maximum absolute atomic E-state index is 13.1. The Balaban J connectivity index is 2.08. The smallest absolute Gasteiger partial charge is 0.295 e. The molecule has 2 aromatic carbocycles. The first kappa shape index (κ1) is 23.8. The Hall–Kier alpha value is -2.90. The van der Waals surface area contributed by atoms with Gasteiger partial charge in [-0.3, -0.25) is 9.59 Å². The standard InChI is InChI=1S/C25H27BrN2O4/c1-4-15-32-20-8-5-7-18(16-20)22-21(23(29)17-9-11-19(26)12-10-17)24(30)25(31)28(22)14-6-13-27(2)3/h4-5,7-12,16,22,29H,1,6,13-15H2,2-3H3. The molecule has 7 heteroatoms. The summed E-state index contributed by atoms with van der Waals surface area (Å²) >= 11 is 3.37. The molecular weight excluding hydrogens is 472 g/mol. The van der Waals surface area contributed by atoms with Gasteiger partial charge in [0.25, 0.3) is 11.7 Å². The number of likely N-dealkylation sites (tertiary alicyclic amines) is 1. The zero-order chi connectivity index (χ0) is 23.3. The Morgan fingerprint density at radius 2 is 1.94 bits per heavy atom. The number of hydrogen-bond acceptors (Lipinski definition) is 5. The van der Waals surface area contributed by atoms with Crippen molar-refractivity contribution in [3.05, 3.63) is 82.4 Å². The van der Waals surface area contributed by atoms with Crippen LogP contribution >= 0.6 is 15.9 Å². The lowest BCUT2D eigenvalue weighted by Crippen LogP contribution is -2.32. The van der Waals surface area contributed by atoms with Gasteiger partial charge >= 0.3 is 0 Å². The van der Waals surface area contributed by atoms with E-state index in [1.165, 1.54) is 0 Å². The first-order chi connectivity index (χ1) is 15.3. The van der Waals surface area contributed by atoms with E-state index in [9.17, 15) is 14.7 Å². The zero-order valence-electron chi connectivity index (χ0n) is 18.3. The average Bonchev–Trinajstić information content (AvgIpc) is 3.02. The minimum absolute atomic E-state index is 0.0862. The Kier molecular flexibility index (Phi) is 7.88. The number of nitrogens with zero attached hydrogens (tertiary/aromatic N) is 2. The van der Waals surface area contributed by atoms with Crippen LogP contribution < -0.4 is 4.74 Å². The van der Waals surface area contributed by atoms with Crippen LogP contribution in [0.25, 0.3) is 5.76 Å². The minimum Gasteiger partial charge on any atom is -0.507 e. The van der Waals surface area contributed by atoms with Crippen molar-refractivity contribution >= 4 is 33.4 Å². The Labute approximate surface area is 196 Å². The molecule has 1 aliphatic rings. The van der Waals surface area contributed by atoms with E-state index in [4.69, 9.17) is 4.74 Å². The highest BCUT2D eigenvalue weighted by Gasteiger charge is 2.45. The molecule has 2 aromatic rings. The molecule has 6 nitrogen and oxygen atoms in total. The molecule has 168 valence electrons. The minimum atomic E-state index is -0.701. The Bertz CT molecular complexity index is 1030. The molecule has 32 heavy (non-hydrogen) atoms. The molecule has 1 heterocycles. The number of aliphatic hydroxyl groups is 1. The number of amides is 1. The molecule has 1 atom stereocenters. The van der Waals surface area contributed by atoms with Crippen LogP contribution in [0.4, 0.5) is 0 Å². The molecular formula is C25H27BrN2O4. The lowest BCUT2D eigenvalue weighted by Gasteiger charge is -2.26. The molecule has 1 fully saturated rings. The average molecular weight is 499 g/mol. The highest BCUT2D eigenvalue weighted by molar-refractivity contribution is 9.10. The van der Waals surface area contributed by atoms with Crippen LogP contribution in [0, 0.1) is 0 Å². The molecule has 0 bridgehead atoms. The van der Waals surface area contributed by atoms with Crippen molar-refractivity contribution in [2.24, 2.45) is 0 Å². The van der Waals surface area contributed by atoms with Crippen molar-refractivity contribution in [2.45, 2.75) is 12.5 Å². The monoisotopic (exact) mass is 498 g/mol. The molecule has 0 aromatic heterocycles. The Morgan fingerprint density at radius 3 is 2.59 bits per heavy atom. The number of carbonyl (C=O) groups is 2. The van der Waals surface area contributed by atoms with Crippen molar-refractivity contribution < 1.29 is 19.4 Å². The first-order valence-electron chi connectivity index (χ1n) is 10.4. The highest BCUT2D eigenvalue weighted by atomic mass is 79.9. The lowest BCUT2D eigenvalue weighted by atomic mass is 9.95. The fourth-order valence-corrected chi connectivity index (χ4v) is 3.97. The van der Waals surface area contributed by atoms with E-state index >= 15 is 0 Å². The molecule has 0 aliphatic carbocycles. The number of hydrogen-bond donors (Lipinski definition) is 1. The van der Waals surface area contributed by atoms with E-state index in [0.717, 1.165) is 11.0 Å². The van der Waals surface area contributed by atoms with Crippen LogP contribution in [-0.4, -0.2) is 60.4 Å². The molecule has 1 N–H and O–H groups in total. The molecule has 3 rings (SSSR count). The highest BCUT2D eigenvalue weighted by Crippen LogP contribution is 2.40. The largest absolute Gasteiger partial charge is 0.507 e. The number of ether oxygens (including phenoxy) is 1. The van der Waals surface area contributed by atoms with Gasteiger partial charge in [0, 0.05) is 16.6 Å². The summed E-state index contributed by atoms with van der Waals surface area (Å²) in [6.45, 7) is 5.16. The zero-order valence-corrected chi connectivity index (χ0v) is 19.8. The van der Waals surface area contributed by atoms with Gasteiger partial charge in [0.1, 0.15) is 18.1 Å². The van der Waals surface area contributed by atoms with Crippen molar-refractivity contribution in [1.82, 2.24) is 9.80 Å². The molecule has 0 radical (unpaired) electrons. The third-order valence-electron chi connectivity index (χ3n) is 5.20. The predicted molar refractivity (Wildman–Crippen MR) is 128 cm³/mol. The van der Waals surface area contributed by atoms with Gasteiger partial charge in [-0.1, -0.05) is 52.9 Å². The van der Waals surface area contributed by atoms with Crippen LogP contribution in [0.5, 0.6) is 5.75 Å². The van der Waals surface area contributed by atoms with Crippen LogP contribution in [0.3, 0.4) is 0 Å². The number of rotatable bonds is 9. The van der Waals surface area contributed by atoms with Gasteiger partial charge in [-0.15, -0.1) is 0 Å². The van der Waals surface area contributed by atoms with Gasteiger partial charge in [-0.05, 0) is 56.9 Å². The van der Waals surface area contributed by atoms with Gasteiger partial charge in [0.2, 0.25) is 0 Å². The number of aliphatic hydroxyl groups excluding tert-OH is 1.